The Bertz CT molecular complexity index is 801. The minimum absolute atomic E-state index is 0.00292. The topological polar surface area (TPSA) is 78.4 Å². The highest BCUT2D eigenvalue weighted by molar-refractivity contribution is 5.94. The molecule has 1 amide bonds. The Kier molecular flexibility index (Phi) is 11.0. The van der Waals surface area contributed by atoms with Crippen LogP contribution in [0.5, 0.6) is 0 Å². The molecule has 35 heavy (non-hydrogen) atoms. The fraction of sp³-hybridized carbons (Fsp3) is 0.667. The van der Waals surface area contributed by atoms with Gasteiger partial charge in [0.05, 0.1) is 17.7 Å². The molecule has 0 saturated heterocycles. The van der Waals surface area contributed by atoms with Crippen LogP contribution in [0.4, 0.5) is 26.3 Å². The van der Waals surface area contributed by atoms with E-state index in [2.05, 4.69) is 10.6 Å². The van der Waals surface area contributed by atoms with Crippen molar-refractivity contribution in [2.45, 2.75) is 76.2 Å². The Labute approximate surface area is 200 Å². The molecule has 1 aliphatic carbocycles. The number of Topliss-reactive ketones (excluding diaryl/α,β-unsaturated/α-hetero) is 1. The van der Waals surface area contributed by atoms with Gasteiger partial charge in [-0.15, -0.1) is 0 Å². The van der Waals surface area contributed by atoms with Crippen LogP contribution in [-0.2, 0) is 17.1 Å². The Morgan fingerprint density at radius 3 is 1.97 bits per heavy atom. The first-order chi connectivity index (χ1) is 16.4. The third-order valence-electron chi connectivity index (χ3n) is 6.15. The normalized spacial score (nSPS) is 18.9. The highest BCUT2D eigenvalue weighted by atomic mass is 19.4. The number of alkyl halides is 6. The van der Waals surface area contributed by atoms with Crippen LogP contribution in [0, 0.1) is 5.92 Å². The van der Waals surface area contributed by atoms with Crippen molar-refractivity contribution in [3.05, 3.63) is 34.9 Å². The van der Waals surface area contributed by atoms with Gasteiger partial charge >= 0.3 is 12.4 Å². The largest absolute Gasteiger partial charge is 0.416 e. The second-order valence-electron chi connectivity index (χ2n) is 9.04. The Morgan fingerprint density at radius 1 is 0.857 bits per heavy atom. The van der Waals surface area contributed by atoms with Crippen molar-refractivity contribution in [2.75, 3.05) is 19.7 Å². The predicted molar refractivity (Wildman–Crippen MR) is 118 cm³/mol. The highest BCUT2D eigenvalue weighted by Gasteiger charge is 2.37. The van der Waals surface area contributed by atoms with Gasteiger partial charge in [0, 0.05) is 24.6 Å². The summed E-state index contributed by atoms with van der Waals surface area (Å²) in [5.41, 5.74) is -3.72. The van der Waals surface area contributed by atoms with Crippen molar-refractivity contribution in [3.63, 3.8) is 0 Å². The smallest absolute Gasteiger partial charge is 0.396 e. The van der Waals surface area contributed by atoms with E-state index in [1.807, 2.05) is 0 Å². The van der Waals surface area contributed by atoms with E-state index >= 15 is 0 Å². The van der Waals surface area contributed by atoms with Crippen LogP contribution in [-0.4, -0.2) is 42.5 Å². The number of carbonyl (C=O) groups excluding carboxylic acids is 2. The zero-order valence-electron chi connectivity index (χ0n) is 19.4. The molecule has 1 aliphatic rings. The number of rotatable bonds is 12. The molecule has 0 aromatic heterocycles. The van der Waals surface area contributed by atoms with E-state index in [0.29, 0.717) is 50.8 Å². The van der Waals surface area contributed by atoms with Crippen molar-refractivity contribution in [2.24, 2.45) is 5.92 Å². The molecule has 1 aromatic rings. The van der Waals surface area contributed by atoms with Crippen LogP contribution < -0.4 is 10.6 Å². The van der Waals surface area contributed by atoms with Crippen molar-refractivity contribution >= 4 is 11.7 Å². The monoisotopic (exact) mass is 510 g/mol. The van der Waals surface area contributed by atoms with E-state index in [0.717, 1.165) is 25.7 Å². The molecule has 0 heterocycles. The lowest BCUT2D eigenvalue weighted by Crippen LogP contribution is -2.39. The van der Waals surface area contributed by atoms with Gasteiger partial charge in [0.15, 0.2) is 0 Å². The number of halogens is 6. The van der Waals surface area contributed by atoms with E-state index in [-0.39, 0.29) is 37.0 Å². The summed E-state index contributed by atoms with van der Waals surface area (Å²) in [7, 11) is 0. The highest BCUT2D eigenvalue weighted by Crippen LogP contribution is 2.36. The third-order valence-corrected chi connectivity index (χ3v) is 6.15. The van der Waals surface area contributed by atoms with Crippen LogP contribution in [0.25, 0.3) is 0 Å². The number of nitrogens with one attached hydrogen (secondary N) is 2. The number of aliphatic hydroxyl groups excluding tert-OH is 1. The average molecular weight is 511 g/mol. The molecule has 0 spiro atoms. The van der Waals surface area contributed by atoms with Gasteiger partial charge < -0.3 is 15.7 Å². The van der Waals surface area contributed by atoms with E-state index in [9.17, 15) is 35.9 Å². The summed E-state index contributed by atoms with van der Waals surface area (Å²) in [5.74, 6) is -0.576. The SMILES string of the molecule is O=C(CCCCCCO)CNCC1CCC(NC(=O)c2cc(C(F)(F)F)cc(C(F)(F)F)c2)CC1. The van der Waals surface area contributed by atoms with Gasteiger partial charge in [0.25, 0.3) is 5.91 Å². The van der Waals surface area contributed by atoms with Crippen molar-refractivity contribution in [1.82, 2.24) is 10.6 Å². The minimum Gasteiger partial charge on any atom is -0.396 e. The van der Waals surface area contributed by atoms with E-state index in [4.69, 9.17) is 5.11 Å². The first-order valence-electron chi connectivity index (χ1n) is 11.8. The van der Waals surface area contributed by atoms with Crippen LogP contribution >= 0.6 is 0 Å². The fourth-order valence-electron chi connectivity index (χ4n) is 4.16. The summed E-state index contributed by atoms with van der Waals surface area (Å²) < 4.78 is 78.1. The van der Waals surface area contributed by atoms with Crippen molar-refractivity contribution in [3.8, 4) is 0 Å². The first kappa shape index (κ1) is 29.1. The maximum Gasteiger partial charge on any atom is 0.416 e. The zero-order valence-corrected chi connectivity index (χ0v) is 19.4. The second kappa shape index (κ2) is 13.2. The lowest BCUT2D eigenvalue weighted by molar-refractivity contribution is -0.143. The Morgan fingerprint density at radius 2 is 1.43 bits per heavy atom. The Hall–Kier alpha value is -2.14. The molecule has 1 fully saturated rings. The molecule has 0 unspecified atom stereocenters. The molecule has 0 aliphatic heterocycles. The molecule has 198 valence electrons. The summed E-state index contributed by atoms with van der Waals surface area (Å²) in [6.07, 6.45) is -3.69. The van der Waals surface area contributed by atoms with Gasteiger partial charge in [-0.25, -0.2) is 0 Å². The number of unbranched alkanes of at least 4 members (excludes halogenated alkanes) is 3. The molecule has 0 radical (unpaired) electrons. The van der Waals surface area contributed by atoms with Gasteiger partial charge in [-0.3, -0.25) is 9.59 Å². The molecule has 1 aromatic carbocycles. The molecule has 11 heteroatoms. The summed E-state index contributed by atoms with van der Waals surface area (Å²) in [4.78, 5) is 24.3. The molecular weight excluding hydrogens is 478 g/mol. The Balaban J connectivity index is 1.78. The zero-order chi connectivity index (χ0) is 26.1. The number of amides is 1. The molecule has 2 rings (SSSR count). The average Bonchev–Trinajstić information content (AvgIpc) is 2.78. The van der Waals surface area contributed by atoms with Gasteiger partial charge in [-0.2, -0.15) is 26.3 Å². The minimum atomic E-state index is -5.01. The first-order valence-corrected chi connectivity index (χ1v) is 11.8. The maximum atomic E-state index is 13.0. The van der Waals surface area contributed by atoms with Gasteiger partial charge in [0.1, 0.15) is 5.78 Å². The summed E-state index contributed by atoms with van der Waals surface area (Å²) in [6.45, 7) is 1.05. The number of carbonyl (C=O) groups is 2. The summed E-state index contributed by atoms with van der Waals surface area (Å²) in [5, 5.41) is 14.4. The van der Waals surface area contributed by atoms with Crippen molar-refractivity contribution in [1.29, 1.82) is 0 Å². The van der Waals surface area contributed by atoms with Gasteiger partial charge in [-0.1, -0.05) is 12.8 Å². The van der Waals surface area contributed by atoms with Crippen LogP contribution in [0.2, 0.25) is 0 Å². The number of aliphatic hydroxyl groups is 1. The van der Waals surface area contributed by atoms with E-state index in [1.165, 1.54) is 0 Å². The van der Waals surface area contributed by atoms with Crippen LogP contribution in [0.15, 0.2) is 18.2 Å². The quantitative estimate of drug-likeness (QED) is 0.270. The van der Waals surface area contributed by atoms with Crippen molar-refractivity contribution < 1.29 is 41.0 Å². The van der Waals surface area contributed by atoms with Gasteiger partial charge in [-0.05, 0) is 69.2 Å². The summed E-state index contributed by atoms with van der Waals surface area (Å²) in [6, 6.07) is 0.521. The molecule has 1 saturated carbocycles. The lowest BCUT2D eigenvalue weighted by Gasteiger charge is -2.29. The summed E-state index contributed by atoms with van der Waals surface area (Å²) >= 11 is 0. The molecule has 5 nitrogen and oxygen atoms in total. The molecular formula is C24H32F6N2O3. The lowest BCUT2D eigenvalue weighted by atomic mass is 9.86. The predicted octanol–water partition coefficient (Wildman–Crippen LogP) is 5.11. The number of ketones is 1. The fourth-order valence-corrected chi connectivity index (χ4v) is 4.16. The van der Waals surface area contributed by atoms with Gasteiger partial charge in [0.2, 0.25) is 0 Å². The molecule has 3 N–H and O–H groups in total. The molecule has 0 bridgehead atoms. The number of benzene rings is 1. The standard InChI is InChI=1S/C24H32F6N2O3/c25-23(26,27)18-11-17(12-19(13-18)24(28,29)30)22(35)32-20-8-6-16(7-9-20)14-31-15-21(34)5-3-1-2-4-10-33/h11-13,16,20,31,33H,1-10,14-15H2,(H,32,35). The van der Waals surface area contributed by atoms with E-state index in [1.54, 1.807) is 0 Å². The second-order valence-corrected chi connectivity index (χ2v) is 9.04. The maximum absolute atomic E-state index is 13.0. The van der Waals surface area contributed by atoms with E-state index < -0.39 is 35.0 Å². The number of hydrogen-bond acceptors (Lipinski definition) is 4. The van der Waals surface area contributed by atoms with Crippen LogP contribution in [0.1, 0.15) is 79.3 Å². The number of hydrogen-bond donors (Lipinski definition) is 3. The molecule has 0 atom stereocenters. The third kappa shape index (κ3) is 10.2. The van der Waals surface area contributed by atoms with Crippen LogP contribution in [0.3, 0.4) is 0 Å².